The molecule has 4 rings (SSSR count). The first-order valence-corrected chi connectivity index (χ1v) is 10.1. The minimum Gasteiger partial charge on any atom is -0.486 e. The fourth-order valence-corrected chi connectivity index (χ4v) is 3.49. The first-order valence-electron chi connectivity index (χ1n) is 10.1. The summed E-state index contributed by atoms with van der Waals surface area (Å²) in [6.07, 6.45) is 0. The Balaban J connectivity index is 1.62. The Labute approximate surface area is 173 Å². The molecule has 4 aromatic rings. The van der Waals surface area contributed by atoms with Crippen LogP contribution in [-0.4, -0.2) is 9.55 Å². The number of rotatable bonds is 5. The third-order valence-electron chi connectivity index (χ3n) is 5.28. The van der Waals surface area contributed by atoms with Gasteiger partial charge in [-0.15, -0.1) is 0 Å². The number of para-hydroxylation sites is 2. The van der Waals surface area contributed by atoms with Gasteiger partial charge in [0.1, 0.15) is 18.2 Å². The molecule has 0 aliphatic carbocycles. The van der Waals surface area contributed by atoms with Crippen molar-refractivity contribution in [3.63, 3.8) is 0 Å². The van der Waals surface area contributed by atoms with Gasteiger partial charge in [-0.3, -0.25) is 0 Å². The van der Waals surface area contributed by atoms with E-state index in [0.717, 1.165) is 29.2 Å². The number of hydrogen-bond acceptors (Lipinski definition) is 2. The van der Waals surface area contributed by atoms with Crippen molar-refractivity contribution in [1.82, 2.24) is 9.55 Å². The maximum absolute atomic E-state index is 6.04. The van der Waals surface area contributed by atoms with Gasteiger partial charge in [0.25, 0.3) is 0 Å². The summed E-state index contributed by atoms with van der Waals surface area (Å²) in [4.78, 5) is 4.84. The van der Waals surface area contributed by atoms with Crippen LogP contribution in [-0.2, 0) is 18.6 Å². The molecule has 0 unspecified atom stereocenters. The summed E-state index contributed by atoms with van der Waals surface area (Å²) in [7, 11) is 0. The Bertz CT molecular complexity index is 1100. The zero-order chi connectivity index (χ0) is 20.4. The molecule has 148 valence electrons. The topological polar surface area (TPSA) is 27.1 Å². The molecular weight excluding hydrogens is 356 g/mol. The average Bonchev–Trinajstić information content (AvgIpc) is 3.05. The summed E-state index contributed by atoms with van der Waals surface area (Å²) in [5, 5.41) is 0. The van der Waals surface area contributed by atoms with Crippen LogP contribution in [0, 0.1) is 6.92 Å². The van der Waals surface area contributed by atoms with Gasteiger partial charge < -0.3 is 9.30 Å². The van der Waals surface area contributed by atoms with Gasteiger partial charge in [0, 0.05) is 6.54 Å². The van der Waals surface area contributed by atoms with Gasteiger partial charge in [-0.25, -0.2) is 4.98 Å². The molecule has 0 bridgehead atoms. The number of ether oxygens (including phenoxy) is 1. The number of fused-ring (bicyclic) bond motifs is 1. The smallest absolute Gasteiger partial charge is 0.148 e. The lowest BCUT2D eigenvalue weighted by molar-refractivity contribution is 0.291. The van der Waals surface area contributed by atoms with Crippen molar-refractivity contribution in [2.75, 3.05) is 0 Å². The standard InChI is InChI=1S/C26H28N2O/c1-19-9-15-22(16-10-19)29-18-25-27-23-7-5-6-8-24(23)28(25)17-20-11-13-21(14-12-20)26(2,3)4/h5-16H,17-18H2,1-4H3. The minimum absolute atomic E-state index is 0.160. The van der Waals surface area contributed by atoms with Crippen LogP contribution < -0.4 is 4.74 Å². The number of aryl methyl sites for hydroxylation is 1. The number of imidazole rings is 1. The highest BCUT2D eigenvalue weighted by molar-refractivity contribution is 5.76. The predicted octanol–water partition coefficient (Wildman–Crippen LogP) is 6.27. The Kier molecular flexibility index (Phi) is 5.14. The molecular formula is C26H28N2O. The minimum atomic E-state index is 0.160. The largest absolute Gasteiger partial charge is 0.486 e. The highest BCUT2D eigenvalue weighted by Gasteiger charge is 2.15. The molecule has 0 amide bonds. The van der Waals surface area contributed by atoms with E-state index in [1.54, 1.807) is 0 Å². The summed E-state index contributed by atoms with van der Waals surface area (Å²) in [5.41, 5.74) is 6.13. The van der Waals surface area contributed by atoms with E-state index in [-0.39, 0.29) is 5.41 Å². The quantitative estimate of drug-likeness (QED) is 0.405. The van der Waals surface area contributed by atoms with Gasteiger partial charge >= 0.3 is 0 Å². The lowest BCUT2D eigenvalue weighted by Crippen LogP contribution is -2.11. The van der Waals surface area contributed by atoms with Crippen molar-refractivity contribution in [3.8, 4) is 5.75 Å². The Morgan fingerprint density at radius 3 is 2.24 bits per heavy atom. The fourth-order valence-electron chi connectivity index (χ4n) is 3.49. The van der Waals surface area contributed by atoms with Gasteiger partial charge in [0.05, 0.1) is 11.0 Å². The molecule has 0 aliphatic rings. The maximum atomic E-state index is 6.04. The molecule has 0 fully saturated rings. The van der Waals surface area contributed by atoms with Crippen molar-refractivity contribution in [1.29, 1.82) is 0 Å². The molecule has 3 nitrogen and oxygen atoms in total. The summed E-state index contributed by atoms with van der Waals surface area (Å²) in [6.45, 7) is 10.0. The summed E-state index contributed by atoms with van der Waals surface area (Å²) < 4.78 is 8.29. The van der Waals surface area contributed by atoms with Crippen molar-refractivity contribution in [2.45, 2.75) is 46.3 Å². The Morgan fingerprint density at radius 1 is 0.862 bits per heavy atom. The molecule has 0 atom stereocenters. The molecule has 0 aliphatic heterocycles. The van der Waals surface area contributed by atoms with Crippen molar-refractivity contribution in [2.24, 2.45) is 0 Å². The van der Waals surface area contributed by atoms with Crippen molar-refractivity contribution >= 4 is 11.0 Å². The van der Waals surface area contributed by atoms with Gasteiger partial charge in [0.2, 0.25) is 0 Å². The zero-order valence-corrected chi connectivity index (χ0v) is 17.6. The lowest BCUT2D eigenvalue weighted by atomic mass is 9.87. The van der Waals surface area contributed by atoms with E-state index in [1.807, 2.05) is 18.2 Å². The third-order valence-corrected chi connectivity index (χ3v) is 5.28. The number of aromatic nitrogens is 2. The third kappa shape index (κ3) is 4.34. The van der Waals surface area contributed by atoms with Crippen molar-refractivity contribution < 1.29 is 4.74 Å². The second-order valence-electron chi connectivity index (χ2n) is 8.65. The SMILES string of the molecule is Cc1ccc(OCc2nc3ccccc3n2Cc2ccc(C(C)(C)C)cc2)cc1. The Hall–Kier alpha value is -3.07. The first kappa shape index (κ1) is 19.3. The maximum Gasteiger partial charge on any atom is 0.148 e. The molecule has 29 heavy (non-hydrogen) atoms. The molecule has 0 N–H and O–H groups in total. The number of nitrogens with zero attached hydrogens (tertiary/aromatic N) is 2. The van der Waals surface area contributed by atoms with Crippen LogP contribution in [0.4, 0.5) is 0 Å². The molecule has 0 saturated heterocycles. The molecule has 3 heteroatoms. The van der Waals surface area contributed by atoms with E-state index < -0.39 is 0 Å². The van der Waals surface area contributed by atoms with Gasteiger partial charge in [0.15, 0.2) is 0 Å². The predicted molar refractivity (Wildman–Crippen MR) is 119 cm³/mol. The monoisotopic (exact) mass is 384 g/mol. The summed E-state index contributed by atoms with van der Waals surface area (Å²) >= 11 is 0. The van der Waals surface area contributed by atoms with Crippen LogP contribution in [0.25, 0.3) is 11.0 Å². The van der Waals surface area contributed by atoms with E-state index in [9.17, 15) is 0 Å². The van der Waals surface area contributed by atoms with Gasteiger partial charge in [-0.1, -0.05) is 74.9 Å². The Morgan fingerprint density at radius 2 is 1.55 bits per heavy atom. The lowest BCUT2D eigenvalue weighted by Gasteiger charge is -2.19. The van der Waals surface area contributed by atoms with Gasteiger partial charge in [-0.05, 0) is 47.7 Å². The highest BCUT2D eigenvalue weighted by Crippen LogP contribution is 2.24. The molecule has 1 heterocycles. The van der Waals surface area contributed by atoms with E-state index in [0.29, 0.717) is 6.61 Å². The highest BCUT2D eigenvalue weighted by atomic mass is 16.5. The van der Waals surface area contributed by atoms with E-state index in [1.165, 1.54) is 16.7 Å². The van der Waals surface area contributed by atoms with E-state index in [4.69, 9.17) is 9.72 Å². The van der Waals surface area contributed by atoms with Crippen LogP contribution in [0.15, 0.2) is 72.8 Å². The molecule has 0 radical (unpaired) electrons. The first-order chi connectivity index (χ1) is 13.9. The fraction of sp³-hybridized carbons (Fsp3) is 0.269. The molecule has 0 saturated carbocycles. The summed E-state index contributed by atoms with van der Waals surface area (Å²) in [5.74, 6) is 1.80. The zero-order valence-electron chi connectivity index (χ0n) is 17.6. The number of hydrogen-bond donors (Lipinski definition) is 0. The van der Waals surface area contributed by atoms with Crippen LogP contribution >= 0.6 is 0 Å². The second-order valence-corrected chi connectivity index (χ2v) is 8.65. The molecule has 0 spiro atoms. The number of benzene rings is 3. The van der Waals surface area contributed by atoms with Crippen LogP contribution in [0.2, 0.25) is 0 Å². The molecule has 3 aromatic carbocycles. The van der Waals surface area contributed by atoms with E-state index >= 15 is 0 Å². The van der Waals surface area contributed by atoms with Gasteiger partial charge in [-0.2, -0.15) is 0 Å². The average molecular weight is 385 g/mol. The summed E-state index contributed by atoms with van der Waals surface area (Å²) in [6, 6.07) is 25.3. The van der Waals surface area contributed by atoms with Crippen molar-refractivity contribution in [3.05, 3.63) is 95.3 Å². The van der Waals surface area contributed by atoms with Crippen LogP contribution in [0.3, 0.4) is 0 Å². The van der Waals surface area contributed by atoms with Crippen LogP contribution in [0.5, 0.6) is 5.75 Å². The van der Waals surface area contributed by atoms with E-state index in [2.05, 4.69) is 86.9 Å². The normalized spacial score (nSPS) is 11.7. The second kappa shape index (κ2) is 7.75. The van der Waals surface area contributed by atoms with Crippen LogP contribution in [0.1, 0.15) is 43.3 Å². The molecule has 1 aromatic heterocycles.